The van der Waals surface area contributed by atoms with Gasteiger partial charge in [0.05, 0.1) is 0 Å². The first-order valence-electron chi connectivity index (χ1n) is 11.6. The van der Waals surface area contributed by atoms with Gasteiger partial charge in [-0.2, -0.15) is 0 Å². The average molecular weight is 487 g/mol. The summed E-state index contributed by atoms with van der Waals surface area (Å²) in [5.41, 5.74) is 2.98. The van der Waals surface area contributed by atoms with E-state index in [0.29, 0.717) is 0 Å². The van der Waals surface area contributed by atoms with Crippen LogP contribution in [0.5, 0.6) is 0 Å². The van der Waals surface area contributed by atoms with Gasteiger partial charge in [-0.15, -0.1) is 11.3 Å². The van der Waals surface area contributed by atoms with Gasteiger partial charge in [0.2, 0.25) is 0 Å². The smallest absolute Gasteiger partial charge is 0.194 e. The average Bonchev–Trinajstić information content (AvgIpc) is 3.44. The van der Waals surface area contributed by atoms with Crippen LogP contribution in [0.3, 0.4) is 0 Å². The summed E-state index contributed by atoms with van der Waals surface area (Å²) in [5, 5.41) is 6.73. The predicted octanol–water partition coefficient (Wildman–Crippen LogP) is 6.54. The number of fused-ring (bicyclic) bond motifs is 1. The molecular weight excluding hydrogens is 463 g/mol. The second kappa shape index (κ2) is 9.15. The maximum atomic E-state index is 14.4. The Bertz CT molecular complexity index is 1540. The zero-order chi connectivity index (χ0) is 23.7. The third-order valence-electron chi connectivity index (χ3n) is 6.53. The summed E-state index contributed by atoms with van der Waals surface area (Å²) in [7, 11) is 0. The van der Waals surface area contributed by atoms with Gasteiger partial charge in [0.1, 0.15) is 0 Å². The Morgan fingerprint density at radius 1 is 0.600 bits per heavy atom. The second-order valence-corrected chi connectivity index (χ2v) is 12.7. The molecular formula is C32H23OPS. The SMILES string of the molecule is O=C(C1=P(c2ccccc2)(c2ccccc2)c2ccsc2C(c2ccccc2)=C1)c1ccccc1. The van der Waals surface area contributed by atoms with E-state index in [9.17, 15) is 4.79 Å². The number of rotatable bonds is 5. The number of thiophene rings is 1. The van der Waals surface area contributed by atoms with Crippen LogP contribution >= 0.6 is 18.2 Å². The molecule has 3 heteroatoms. The molecule has 1 aliphatic heterocycles. The number of Topliss-reactive ketones (excluding diaryl/α,β-unsaturated/α-hetero) is 1. The first kappa shape index (κ1) is 21.8. The summed E-state index contributed by atoms with van der Waals surface area (Å²) in [5.74, 6) is 0.0944. The zero-order valence-corrected chi connectivity index (χ0v) is 20.8. The van der Waals surface area contributed by atoms with E-state index in [-0.39, 0.29) is 5.78 Å². The van der Waals surface area contributed by atoms with Crippen molar-refractivity contribution in [3.63, 3.8) is 0 Å². The predicted molar refractivity (Wildman–Crippen MR) is 152 cm³/mol. The summed E-state index contributed by atoms with van der Waals surface area (Å²) in [4.78, 5) is 15.7. The fourth-order valence-electron chi connectivity index (χ4n) is 4.99. The van der Waals surface area contributed by atoms with Crippen molar-refractivity contribution in [2.24, 2.45) is 0 Å². The maximum Gasteiger partial charge on any atom is 0.194 e. The highest BCUT2D eigenvalue weighted by molar-refractivity contribution is 7.97. The standard InChI is InChI=1S/C32H23OPS/c33-31(25-15-7-2-8-16-25)30-23-28(24-13-5-1-6-14-24)32-29(21-22-35-32)34(30,26-17-9-3-10-18-26)27-19-11-4-12-20-27/h1-23H. The lowest BCUT2D eigenvalue weighted by Gasteiger charge is -2.35. The van der Waals surface area contributed by atoms with Crippen LogP contribution < -0.4 is 15.9 Å². The molecule has 35 heavy (non-hydrogen) atoms. The molecule has 1 aromatic heterocycles. The highest BCUT2D eigenvalue weighted by atomic mass is 32.1. The Hall–Kier alpha value is -3.71. The molecule has 4 aromatic carbocycles. The molecule has 0 unspecified atom stereocenters. The fraction of sp³-hybridized carbons (Fsp3) is 0. The number of benzene rings is 4. The van der Waals surface area contributed by atoms with Crippen molar-refractivity contribution in [1.29, 1.82) is 0 Å². The molecule has 168 valence electrons. The zero-order valence-electron chi connectivity index (χ0n) is 19.0. The highest BCUT2D eigenvalue weighted by Gasteiger charge is 2.38. The quantitative estimate of drug-likeness (QED) is 0.204. The maximum absolute atomic E-state index is 14.4. The van der Waals surface area contributed by atoms with Crippen LogP contribution in [0.4, 0.5) is 0 Å². The molecule has 0 aliphatic carbocycles. The Balaban J connectivity index is 1.82. The van der Waals surface area contributed by atoms with Crippen LogP contribution in [-0.2, 0) is 0 Å². The minimum Gasteiger partial charge on any atom is -0.289 e. The van der Waals surface area contributed by atoms with Gasteiger partial charge in [0, 0.05) is 26.6 Å². The van der Waals surface area contributed by atoms with E-state index in [4.69, 9.17) is 0 Å². The molecule has 0 bridgehead atoms. The van der Waals surface area contributed by atoms with Crippen molar-refractivity contribution in [2.75, 3.05) is 0 Å². The molecule has 2 heterocycles. The van der Waals surface area contributed by atoms with Crippen molar-refractivity contribution < 1.29 is 4.79 Å². The summed E-state index contributed by atoms with van der Waals surface area (Å²) in [6.07, 6.45) is 2.19. The molecule has 0 amide bonds. The van der Waals surface area contributed by atoms with Crippen LogP contribution in [0.25, 0.3) is 5.57 Å². The van der Waals surface area contributed by atoms with Crippen LogP contribution in [0.1, 0.15) is 20.8 Å². The monoisotopic (exact) mass is 486 g/mol. The normalized spacial score (nSPS) is 14.2. The summed E-state index contributed by atoms with van der Waals surface area (Å²) >= 11 is 1.76. The third kappa shape index (κ3) is 3.58. The summed E-state index contributed by atoms with van der Waals surface area (Å²) in [6.45, 7) is -2.43. The molecule has 0 fully saturated rings. The number of carbonyl (C=O) groups is 1. The molecule has 0 N–H and O–H groups in total. The molecule has 0 atom stereocenters. The molecule has 0 saturated carbocycles. The number of hydrogen-bond acceptors (Lipinski definition) is 2. The van der Waals surface area contributed by atoms with Gasteiger partial charge >= 0.3 is 0 Å². The van der Waals surface area contributed by atoms with Crippen molar-refractivity contribution in [3.05, 3.63) is 155 Å². The van der Waals surface area contributed by atoms with Crippen LogP contribution in [-0.4, -0.2) is 11.1 Å². The highest BCUT2D eigenvalue weighted by Crippen LogP contribution is 2.53. The number of hydrogen-bond donors (Lipinski definition) is 0. The molecule has 0 saturated heterocycles. The van der Waals surface area contributed by atoms with Crippen molar-refractivity contribution in [2.45, 2.75) is 0 Å². The van der Waals surface area contributed by atoms with E-state index in [1.807, 2.05) is 48.5 Å². The van der Waals surface area contributed by atoms with E-state index < -0.39 is 6.89 Å². The summed E-state index contributed by atoms with van der Waals surface area (Å²) < 4.78 is 0. The first-order chi connectivity index (χ1) is 17.3. The minimum atomic E-state index is -2.43. The third-order valence-corrected chi connectivity index (χ3v) is 11.9. The van der Waals surface area contributed by atoms with E-state index in [1.165, 1.54) is 20.8 Å². The van der Waals surface area contributed by atoms with Crippen LogP contribution in [0, 0.1) is 0 Å². The Labute approximate surface area is 210 Å². The van der Waals surface area contributed by atoms with Crippen LogP contribution in [0.2, 0.25) is 0 Å². The largest absolute Gasteiger partial charge is 0.289 e. The van der Waals surface area contributed by atoms with E-state index in [0.717, 1.165) is 22.0 Å². The van der Waals surface area contributed by atoms with Gasteiger partial charge in [-0.1, -0.05) is 121 Å². The molecule has 0 spiro atoms. The minimum absolute atomic E-state index is 0.0944. The lowest BCUT2D eigenvalue weighted by Crippen LogP contribution is -2.35. The Morgan fingerprint density at radius 2 is 1.11 bits per heavy atom. The molecule has 0 radical (unpaired) electrons. The summed E-state index contributed by atoms with van der Waals surface area (Å²) in [6, 6.07) is 43.6. The molecule has 6 rings (SSSR count). The number of allylic oxidation sites excluding steroid dienone is 1. The van der Waals surface area contributed by atoms with E-state index in [1.54, 1.807) is 11.3 Å². The Kier molecular flexibility index (Phi) is 5.70. The van der Waals surface area contributed by atoms with Gasteiger partial charge in [0.15, 0.2) is 5.78 Å². The first-order valence-corrected chi connectivity index (χ1v) is 14.3. The van der Waals surface area contributed by atoms with Gasteiger partial charge in [0.25, 0.3) is 0 Å². The number of carbonyl (C=O) groups excluding carboxylic acids is 1. The fourth-order valence-corrected chi connectivity index (χ4v) is 10.9. The van der Waals surface area contributed by atoms with Gasteiger partial charge in [-0.05, 0) is 40.6 Å². The number of ketones is 1. The van der Waals surface area contributed by atoms with Crippen molar-refractivity contribution in [1.82, 2.24) is 0 Å². The van der Waals surface area contributed by atoms with Gasteiger partial charge in [-0.3, -0.25) is 4.79 Å². The van der Waals surface area contributed by atoms with Crippen molar-refractivity contribution >= 4 is 50.8 Å². The van der Waals surface area contributed by atoms with Gasteiger partial charge < -0.3 is 0 Å². The van der Waals surface area contributed by atoms with Gasteiger partial charge in [-0.25, -0.2) is 0 Å². The lowest BCUT2D eigenvalue weighted by atomic mass is 10.00. The van der Waals surface area contributed by atoms with E-state index in [2.05, 4.69) is 90.3 Å². The van der Waals surface area contributed by atoms with Crippen molar-refractivity contribution in [3.8, 4) is 0 Å². The second-order valence-electron chi connectivity index (χ2n) is 8.48. The lowest BCUT2D eigenvalue weighted by molar-refractivity contribution is 0.106. The molecule has 5 aromatic rings. The Morgan fingerprint density at radius 3 is 1.69 bits per heavy atom. The molecule has 1 nitrogen and oxygen atoms in total. The topological polar surface area (TPSA) is 17.1 Å². The van der Waals surface area contributed by atoms with Crippen LogP contribution in [0.15, 0.2) is 139 Å². The molecule has 1 aliphatic rings. The van der Waals surface area contributed by atoms with E-state index >= 15 is 0 Å².